The van der Waals surface area contributed by atoms with E-state index in [0.717, 1.165) is 45.4 Å². The molecule has 24 heavy (non-hydrogen) atoms. The fourth-order valence-corrected chi connectivity index (χ4v) is 4.64. The van der Waals surface area contributed by atoms with Crippen LogP contribution in [-0.4, -0.2) is 60.6 Å². The first-order valence-electron chi connectivity index (χ1n) is 9.01. The molecular formula is C16H30N6O2. The number of rotatable bonds is 3. The van der Waals surface area contributed by atoms with E-state index in [1.807, 2.05) is 11.8 Å². The number of hydrogen-bond donors (Lipinski definition) is 3. The minimum atomic E-state index is -0.151. The highest BCUT2D eigenvalue weighted by Crippen LogP contribution is 2.50. The van der Waals surface area contributed by atoms with Crippen LogP contribution in [0.2, 0.25) is 0 Å². The van der Waals surface area contributed by atoms with Crippen LogP contribution in [0.1, 0.15) is 39.0 Å². The SMILES string of the molecule is CCOC(=O)N1CCC2(CC(N3CCC(/C(=N/N)NN)CC3)C2)C1. The van der Waals surface area contributed by atoms with E-state index in [9.17, 15) is 4.79 Å². The number of nitrogens with two attached hydrogens (primary N) is 2. The fourth-order valence-electron chi connectivity index (χ4n) is 4.64. The van der Waals surface area contributed by atoms with Crippen molar-refractivity contribution in [2.75, 3.05) is 32.8 Å². The first-order chi connectivity index (χ1) is 11.6. The van der Waals surface area contributed by atoms with Crippen molar-refractivity contribution in [2.24, 2.45) is 28.1 Å². The van der Waals surface area contributed by atoms with Gasteiger partial charge in [-0.3, -0.25) is 0 Å². The van der Waals surface area contributed by atoms with Gasteiger partial charge in [-0.25, -0.2) is 10.6 Å². The summed E-state index contributed by atoms with van der Waals surface area (Å²) in [6, 6.07) is 0.650. The summed E-state index contributed by atoms with van der Waals surface area (Å²) in [4.78, 5) is 16.3. The molecule has 0 radical (unpaired) electrons. The molecule has 0 aromatic heterocycles. The summed E-state index contributed by atoms with van der Waals surface area (Å²) in [5.74, 6) is 11.9. The van der Waals surface area contributed by atoms with E-state index >= 15 is 0 Å². The van der Waals surface area contributed by atoms with Gasteiger partial charge in [-0.05, 0) is 57.5 Å². The van der Waals surface area contributed by atoms with Crippen LogP contribution >= 0.6 is 0 Å². The highest BCUT2D eigenvalue weighted by Gasteiger charge is 2.51. The Hall–Kier alpha value is -1.54. The number of amides is 1. The van der Waals surface area contributed by atoms with Crippen LogP contribution in [0.25, 0.3) is 0 Å². The molecule has 2 aliphatic heterocycles. The third-order valence-corrected chi connectivity index (χ3v) is 6.02. The average Bonchev–Trinajstić information content (AvgIpc) is 3.01. The molecule has 8 nitrogen and oxygen atoms in total. The molecule has 1 aliphatic carbocycles. The summed E-state index contributed by atoms with van der Waals surface area (Å²) >= 11 is 0. The third kappa shape index (κ3) is 3.30. The summed E-state index contributed by atoms with van der Waals surface area (Å²) in [5.41, 5.74) is 2.95. The van der Waals surface area contributed by atoms with E-state index in [2.05, 4.69) is 15.4 Å². The molecule has 0 aromatic carbocycles. The van der Waals surface area contributed by atoms with Gasteiger partial charge in [-0.15, -0.1) is 0 Å². The summed E-state index contributed by atoms with van der Waals surface area (Å²) in [7, 11) is 0. The molecular weight excluding hydrogens is 308 g/mol. The maximum atomic E-state index is 11.9. The van der Waals surface area contributed by atoms with E-state index in [1.54, 1.807) is 0 Å². The second kappa shape index (κ2) is 7.14. The predicted molar refractivity (Wildman–Crippen MR) is 91.9 cm³/mol. The van der Waals surface area contributed by atoms with Crippen molar-refractivity contribution < 1.29 is 9.53 Å². The number of carbonyl (C=O) groups is 1. The maximum absolute atomic E-state index is 11.9. The summed E-state index contributed by atoms with van der Waals surface area (Å²) in [6.45, 7) is 6.13. The Labute approximate surface area is 143 Å². The second-order valence-corrected chi connectivity index (χ2v) is 7.40. The van der Waals surface area contributed by atoms with Gasteiger partial charge in [-0.1, -0.05) is 0 Å². The van der Waals surface area contributed by atoms with Crippen molar-refractivity contribution >= 4 is 11.9 Å². The average molecular weight is 338 g/mol. The Bertz CT molecular complexity index is 483. The number of hydrogen-bond acceptors (Lipinski definition) is 6. The lowest BCUT2D eigenvalue weighted by Gasteiger charge is -2.51. The maximum Gasteiger partial charge on any atom is 0.409 e. The quantitative estimate of drug-likeness (QED) is 0.298. The Morgan fingerprint density at radius 1 is 1.33 bits per heavy atom. The lowest BCUT2D eigenvalue weighted by atomic mass is 9.64. The zero-order valence-corrected chi connectivity index (χ0v) is 14.5. The molecule has 0 unspecified atom stereocenters. The van der Waals surface area contributed by atoms with Crippen LogP contribution < -0.4 is 17.1 Å². The van der Waals surface area contributed by atoms with Gasteiger partial charge in [-0.2, -0.15) is 5.10 Å². The third-order valence-electron chi connectivity index (χ3n) is 6.02. The standard InChI is InChI=1S/C16H30N6O2/c1-2-24-15(23)22-8-5-16(11-22)9-13(10-16)21-6-3-12(4-7-21)14(19-17)20-18/h12-13H,2-11,17-18H2,1H3,(H,19,20). The topological polar surface area (TPSA) is 109 Å². The van der Waals surface area contributed by atoms with Gasteiger partial charge >= 0.3 is 6.09 Å². The van der Waals surface area contributed by atoms with E-state index in [0.29, 0.717) is 29.8 Å². The Morgan fingerprint density at radius 3 is 2.62 bits per heavy atom. The number of hydrazine groups is 1. The molecule has 2 heterocycles. The number of carbonyl (C=O) groups excluding carboxylic acids is 1. The highest BCUT2D eigenvalue weighted by molar-refractivity contribution is 5.83. The summed E-state index contributed by atoms with van der Waals surface area (Å²) in [5, 5.41) is 3.74. The molecule has 1 amide bonds. The summed E-state index contributed by atoms with van der Waals surface area (Å²) < 4.78 is 5.13. The smallest absolute Gasteiger partial charge is 0.409 e. The van der Waals surface area contributed by atoms with Crippen molar-refractivity contribution in [1.82, 2.24) is 15.2 Å². The van der Waals surface area contributed by atoms with Crippen molar-refractivity contribution in [2.45, 2.75) is 45.1 Å². The van der Waals surface area contributed by atoms with Crippen LogP contribution in [0.15, 0.2) is 5.10 Å². The molecule has 0 atom stereocenters. The van der Waals surface area contributed by atoms with Gasteiger partial charge in [0, 0.05) is 25.0 Å². The highest BCUT2D eigenvalue weighted by atomic mass is 16.6. The van der Waals surface area contributed by atoms with Gasteiger partial charge in [0.05, 0.1) is 6.61 Å². The zero-order chi connectivity index (χ0) is 17.2. The number of hydrazone groups is 1. The normalized spacial score (nSPS) is 32.0. The van der Waals surface area contributed by atoms with Gasteiger partial charge in [0.2, 0.25) is 0 Å². The number of nitrogens with one attached hydrogen (secondary N) is 1. The van der Waals surface area contributed by atoms with Gasteiger partial charge in [0.25, 0.3) is 0 Å². The van der Waals surface area contributed by atoms with Crippen molar-refractivity contribution in [3.8, 4) is 0 Å². The molecule has 5 N–H and O–H groups in total. The van der Waals surface area contributed by atoms with E-state index < -0.39 is 0 Å². The number of ether oxygens (including phenoxy) is 1. The van der Waals surface area contributed by atoms with Crippen LogP contribution in [0.5, 0.6) is 0 Å². The van der Waals surface area contributed by atoms with Crippen molar-refractivity contribution in [3.63, 3.8) is 0 Å². The Kier molecular flexibility index (Phi) is 5.15. The van der Waals surface area contributed by atoms with Crippen molar-refractivity contribution in [3.05, 3.63) is 0 Å². The predicted octanol–water partition coefficient (Wildman–Crippen LogP) is 0.445. The zero-order valence-electron chi connectivity index (χ0n) is 14.5. The number of piperidine rings is 1. The van der Waals surface area contributed by atoms with Gasteiger partial charge < -0.3 is 25.8 Å². The molecule has 3 fully saturated rings. The largest absolute Gasteiger partial charge is 0.450 e. The molecule has 2 saturated heterocycles. The van der Waals surface area contributed by atoms with E-state index in [1.165, 1.54) is 12.8 Å². The van der Waals surface area contributed by atoms with Crippen LogP contribution in [0.3, 0.4) is 0 Å². The fraction of sp³-hybridized carbons (Fsp3) is 0.875. The van der Waals surface area contributed by atoms with E-state index in [-0.39, 0.29) is 6.09 Å². The first-order valence-corrected chi connectivity index (χ1v) is 9.01. The monoisotopic (exact) mass is 338 g/mol. The second-order valence-electron chi connectivity index (χ2n) is 7.40. The van der Waals surface area contributed by atoms with Crippen molar-refractivity contribution in [1.29, 1.82) is 0 Å². The molecule has 0 bridgehead atoms. The first kappa shape index (κ1) is 17.3. The van der Waals surface area contributed by atoms with Gasteiger partial charge in [0.15, 0.2) is 0 Å². The van der Waals surface area contributed by atoms with E-state index in [4.69, 9.17) is 16.4 Å². The van der Waals surface area contributed by atoms with Crippen LogP contribution in [-0.2, 0) is 4.74 Å². The minimum Gasteiger partial charge on any atom is -0.450 e. The number of nitrogens with zero attached hydrogens (tertiary/aromatic N) is 3. The summed E-state index contributed by atoms with van der Waals surface area (Å²) in [6.07, 6.45) is 5.43. The Morgan fingerprint density at radius 2 is 2.04 bits per heavy atom. The Balaban J connectivity index is 1.44. The molecule has 8 heteroatoms. The molecule has 3 rings (SSSR count). The number of amidine groups is 1. The lowest BCUT2D eigenvalue weighted by molar-refractivity contribution is -0.00556. The molecule has 0 aromatic rings. The van der Waals surface area contributed by atoms with Crippen LogP contribution in [0, 0.1) is 11.3 Å². The van der Waals surface area contributed by atoms with Gasteiger partial charge in [0.1, 0.15) is 5.84 Å². The van der Waals surface area contributed by atoms with Crippen LogP contribution in [0.4, 0.5) is 4.79 Å². The lowest BCUT2D eigenvalue weighted by Crippen LogP contribution is -2.55. The molecule has 1 saturated carbocycles. The molecule has 136 valence electrons. The molecule has 3 aliphatic rings. The number of likely N-dealkylation sites (tertiary alicyclic amines) is 2. The molecule has 1 spiro atoms. The minimum absolute atomic E-state index is 0.151.